The van der Waals surface area contributed by atoms with Crippen molar-refractivity contribution in [3.05, 3.63) is 40.2 Å². The molecule has 0 spiro atoms. The molecule has 9 heteroatoms. The van der Waals surface area contributed by atoms with E-state index >= 15 is 0 Å². The quantitative estimate of drug-likeness (QED) is 0.698. The third-order valence-electron chi connectivity index (χ3n) is 5.27. The number of rotatable bonds is 4. The zero-order chi connectivity index (χ0) is 17.3. The number of aromatic nitrogens is 4. The van der Waals surface area contributed by atoms with Crippen molar-refractivity contribution in [1.29, 1.82) is 0 Å². The standard InChI is InChI=1S/C18H22N6S2.ClH/c1-2-15(25-9-1)18-20-14(12-26-18)11-23-6-3-13(4-7-23)17-22-21-16-10-19-5-8-24(16)17;/h1-2,9,12-13,19H,3-8,10-11H2;1H. The summed E-state index contributed by atoms with van der Waals surface area (Å²) in [5.74, 6) is 2.84. The van der Waals surface area contributed by atoms with Gasteiger partial charge in [-0.15, -0.1) is 45.3 Å². The maximum atomic E-state index is 4.83. The Hall–Kier alpha value is -1.32. The summed E-state index contributed by atoms with van der Waals surface area (Å²) in [6.45, 7) is 6.04. The monoisotopic (exact) mass is 422 g/mol. The minimum absolute atomic E-state index is 0. The highest BCUT2D eigenvalue weighted by molar-refractivity contribution is 7.20. The lowest BCUT2D eigenvalue weighted by atomic mass is 9.95. The van der Waals surface area contributed by atoms with Crippen molar-refractivity contribution in [2.24, 2.45) is 0 Å². The van der Waals surface area contributed by atoms with Gasteiger partial charge < -0.3 is 9.88 Å². The van der Waals surface area contributed by atoms with E-state index in [0.29, 0.717) is 5.92 Å². The van der Waals surface area contributed by atoms with Crippen LogP contribution in [0, 0.1) is 0 Å². The molecule has 6 nitrogen and oxygen atoms in total. The van der Waals surface area contributed by atoms with Crippen LogP contribution < -0.4 is 5.32 Å². The molecular weight excluding hydrogens is 400 g/mol. The zero-order valence-corrected chi connectivity index (χ0v) is 17.5. The molecular formula is C18H23ClN6S2. The van der Waals surface area contributed by atoms with Crippen LogP contribution >= 0.6 is 35.1 Å². The Labute approximate surface area is 173 Å². The second-order valence-corrected chi connectivity index (χ2v) is 8.78. The van der Waals surface area contributed by atoms with Crippen molar-refractivity contribution in [1.82, 2.24) is 30.0 Å². The first-order valence-corrected chi connectivity index (χ1v) is 11.0. The molecule has 27 heavy (non-hydrogen) atoms. The third-order valence-corrected chi connectivity index (χ3v) is 7.20. The van der Waals surface area contributed by atoms with Crippen LogP contribution in [0.4, 0.5) is 0 Å². The molecule has 2 aliphatic rings. The molecule has 0 radical (unpaired) electrons. The van der Waals surface area contributed by atoms with E-state index in [2.05, 4.69) is 47.9 Å². The molecule has 144 valence electrons. The lowest BCUT2D eigenvalue weighted by molar-refractivity contribution is 0.198. The fourth-order valence-corrected chi connectivity index (χ4v) is 5.51. The Bertz CT molecular complexity index is 866. The number of piperidine rings is 1. The SMILES string of the molecule is Cl.c1csc(-c2nc(CN3CCC(c4nnc5n4CCNC5)CC3)cs2)c1. The van der Waals surface area contributed by atoms with Crippen LogP contribution in [-0.2, 0) is 19.6 Å². The van der Waals surface area contributed by atoms with Gasteiger partial charge in [0.1, 0.15) is 16.7 Å². The molecule has 0 atom stereocenters. The van der Waals surface area contributed by atoms with E-state index in [4.69, 9.17) is 4.98 Å². The van der Waals surface area contributed by atoms with Crippen molar-refractivity contribution >= 4 is 35.1 Å². The highest BCUT2D eigenvalue weighted by Gasteiger charge is 2.27. The van der Waals surface area contributed by atoms with Gasteiger partial charge in [0.15, 0.2) is 0 Å². The molecule has 5 heterocycles. The van der Waals surface area contributed by atoms with Gasteiger partial charge in [-0.1, -0.05) is 6.07 Å². The van der Waals surface area contributed by atoms with Crippen molar-refractivity contribution < 1.29 is 0 Å². The molecule has 0 bridgehead atoms. The van der Waals surface area contributed by atoms with Gasteiger partial charge in [-0.3, -0.25) is 4.90 Å². The lowest BCUT2D eigenvalue weighted by Crippen LogP contribution is -2.34. The summed E-state index contributed by atoms with van der Waals surface area (Å²) in [7, 11) is 0. The molecule has 2 aliphatic heterocycles. The highest BCUT2D eigenvalue weighted by atomic mass is 35.5. The van der Waals surface area contributed by atoms with E-state index in [1.54, 1.807) is 22.7 Å². The van der Waals surface area contributed by atoms with E-state index in [-0.39, 0.29) is 12.4 Å². The van der Waals surface area contributed by atoms with Crippen LogP contribution in [-0.4, -0.2) is 44.3 Å². The van der Waals surface area contributed by atoms with Crippen molar-refractivity contribution in [2.45, 2.75) is 38.4 Å². The average molecular weight is 423 g/mol. The average Bonchev–Trinajstić information content (AvgIpc) is 3.43. The maximum absolute atomic E-state index is 4.83. The Morgan fingerprint density at radius 3 is 2.85 bits per heavy atom. The van der Waals surface area contributed by atoms with Crippen LogP contribution in [0.3, 0.4) is 0 Å². The van der Waals surface area contributed by atoms with Crippen molar-refractivity contribution in [2.75, 3.05) is 19.6 Å². The van der Waals surface area contributed by atoms with E-state index in [9.17, 15) is 0 Å². The summed E-state index contributed by atoms with van der Waals surface area (Å²) in [6, 6.07) is 4.23. The minimum atomic E-state index is 0. The Kier molecular flexibility index (Phi) is 5.89. The molecule has 1 N–H and O–H groups in total. The van der Waals surface area contributed by atoms with Gasteiger partial charge in [0, 0.05) is 30.9 Å². The maximum Gasteiger partial charge on any atom is 0.147 e. The number of halogens is 1. The first kappa shape index (κ1) is 19.0. The molecule has 1 saturated heterocycles. The molecule has 1 fully saturated rings. The topological polar surface area (TPSA) is 58.9 Å². The predicted molar refractivity (Wildman–Crippen MR) is 112 cm³/mol. The van der Waals surface area contributed by atoms with Gasteiger partial charge >= 0.3 is 0 Å². The Balaban J connectivity index is 0.00000180. The summed E-state index contributed by atoms with van der Waals surface area (Å²) in [5, 5.41) is 17.7. The normalized spacial score (nSPS) is 18.2. The molecule has 0 amide bonds. The summed E-state index contributed by atoms with van der Waals surface area (Å²) < 4.78 is 2.34. The Morgan fingerprint density at radius 1 is 1.15 bits per heavy atom. The number of likely N-dealkylation sites (tertiary alicyclic amines) is 1. The van der Waals surface area contributed by atoms with Crippen LogP contribution in [0.5, 0.6) is 0 Å². The molecule has 5 rings (SSSR count). The van der Waals surface area contributed by atoms with Gasteiger partial charge in [0.2, 0.25) is 0 Å². The zero-order valence-electron chi connectivity index (χ0n) is 15.0. The number of nitrogens with zero attached hydrogens (tertiary/aromatic N) is 5. The third kappa shape index (κ3) is 3.95. The van der Waals surface area contributed by atoms with Gasteiger partial charge in [-0.05, 0) is 37.4 Å². The molecule has 0 unspecified atom stereocenters. The van der Waals surface area contributed by atoms with Crippen LogP contribution in [0.1, 0.15) is 36.1 Å². The second-order valence-electron chi connectivity index (χ2n) is 6.97. The van der Waals surface area contributed by atoms with Gasteiger partial charge in [0.25, 0.3) is 0 Å². The molecule has 0 saturated carbocycles. The molecule has 3 aromatic rings. The van der Waals surface area contributed by atoms with Crippen LogP contribution in [0.25, 0.3) is 9.88 Å². The number of thiophene rings is 1. The van der Waals surface area contributed by atoms with E-state index in [1.165, 1.54) is 16.4 Å². The minimum Gasteiger partial charge on any atom is -0.312 e. The fourth-order valence-electron chi connectivity index (χ4n) is 3.89. The summed E-state index contributed by atoms with van der Waals surface area (Å²) in [5.41, 5.74) is 1.20. The number of hydrogen-bond acceptors (Lipinski definition) is 7. The van der Waals surface area contributed by atoms with Gasteiger partial charge in [-0.25, -0.2) is 4.98 Å². The number of hydrogen-bond donors (Lipinski definition) is 1. The van der Waals surface area contributed by atoms with Gasteiger partial charge in [-0.2, -0.15) is 0 Å². The number of nitrogens with one attached hydrogen (secondary N) is 1. The van der Waals surface area contributed by atoms with Crippen molar-refractivity contribution in [3.63, 3.8) is 0 Å². The van der Waals surface area contributed by atoms with E-state index < -0.39 is 0 Å². The summed E-state index contributed by atoms with van der Waals surface area (Å²) in [6.07, 6.45) is 2.32. The molecule has 0 aromatic carbocycles. The van der Waals surface area contributed by atoms with Crippen molar-refractivity contribution in [3.8, 4) is 9.88 Å². The fraction of sp³-hybridized carbons (Fsp3) is 0.500. The van der Waals surface area contributed by atoms with E-state index in [0.717, 1.165) is 62.9 Å². The van der Waals surface area contributed by atoms with E-state index in [1.807, 2.05) is 0 Å². The number of fused-ring (bicyclic) bond motifs is 1. The van der Waals surface area contributed by atoms with Crippen LogP contribution in [0.2, 0.25) is 0 Å². The molecule has 0 aliphatic carbocycles. The largest absolute Gasteiger partial charge is 0.312 e. The van der Waals surface area contributed by atoms with Crippen LogP contribution in [0.15, 0.2) is 22.9 Å². The molecule has 3 aromatic heterocycles. The Morgan fingerprint density at radius 2 is 2.04 bits per heavy atom. The smallest absolute Gasteiger partial charge is 0.147 e. The lowest BCUT2D eigenvalue weighted by Gasteiger charge is -2.31. The van der Waals surface area contributed by atoms with Gasteiger partial charge in [0.05, 0.1) is 17.1 Å². The number of thiazole rings is 1. The first-order valence-electron chi connectivity index (χ1n) is 9.20. The highest BCUT2D eigenvalue weighted by Crippen LogP contribution is 2.30. The summed E-state index contributed by atoms with van der Waals surface area (Å²) >= 11 is 3.52. The predicted octanol–water partition coefficient (Wildman–Crippen LogP) is 3.37. The first-order chi connectivity index (χ1) is 12.9. The summed E-state index contributed by atoms with van der Waals surface area (Å²) in [4.78, 5) is 8.62. The second kappa shape index (κ2) is 8.36.